The van der Waals surface area contributed by atoms with Crippen molar-refractivity contribution in [2.24, 2.45) is 0 Å². The highest BCUT2D eigenvalue weighted by Gasteiger charge is 2.44. The highest BCUT2D eigenvalue weighted by atomic mass is 19.4. The Morgan fingerprint density at radius 2 is 1.86 bits per heavy atom. The van der Waals surface area contributed by atoms with E-state index in [2.05, 4.69) is 10.1 Å². The Morgan fingerprint density at radius 1 is 1.23 bits per heavy atom. The molecular formula is C14H15F4NO3. The first kappa shape index (κ1) is 15.5. The molecule has 2 aliphatic heterocycles. The molecule has 8 heteroatoms. The summed E-state index contributed by atoms with van der Waals surface area (Å²) in [6.45, 7) is 0.748. The summed E-state index contributed by atoms with van der Waals surface area (Å²) in [5, 5.41) is 14.0. The highest BCUT2D eigenvalue weighted by Crippen LogP contribution is 2.39. The molecule has 2 bridgehead atoms. The van der Waals surface area contributed by atoms with Crippen molar-refractivity contribution in [3.05, 3.63) is 29.6 Å². The molecule has 122 valence electrons. The second-order valence-electron chi connectivity index (χ2n) is 5.73. The fraction of sp³-hybridized carbons (Fsp3) is 0.571. The number of nitrogens with one attached hydrogen (secondary N) is 1. The number of fused-ring (bicyclic) bond motifs is 2. The van der Waals surface area contributed by atoms with Gasteiger partial charge in [0.05, 0.1) is 18.8 Å². The Labute approximate surface area is 124 Å². The lowest BCUT2D eigenvalue weighted by Gasteiger charge is -2.45. The number of morpholine rings is 1. The Morgan fingerprint density at radius 3 is 2.45 bits per heavy atom. The molecule has 3 rings (SSSR count). The summed E-state index contributed by atoms with van der Waals surface area (Å²) >= 11 is 0. The first-order valence-corrected chi connectivity index (χ1v) is 6.87. The van der Waals surface area contributed by atoms with Gasteiger partial charge in [0.25, 0.3) is 0 Å². The lowest BCUT2D eigenvalue weighted by Crippen LogP contribution is -2.58. The van der Waals surface area contributed by atoms with Crippen LogP contribution in [0, 0.1) is 5.82 Å². The van der Waals surface area contributed by atoms with Crippen molar-refractivity contribution in [1.29, 1.82) is 0 Å². The molecular weight excluding hydrogens is 306 g/mol. The number of hydrogen-bond donors (Lipinski definition) is 2. The van der Waals surface area contributed by atoms with Crippen LogP contribution < -0.4 is 10.1 Å². The molecule has 0 aromatic heterocycles. The van der Waals surface area contributed by atoms with E-state index in [1.807, 2.05) is 0 Å². The second kappa shape index (κ2) is 5.36. The average Bonchev–Trinajstić information content (AvgIpc) is 2.38. The number of halogens is 4. The molecule has 2 N–H and O–H groups in total. The van der Waals surface area contributed by atoms with Crippen molar-refractivity contribution in [2.75, 3.05) is 13.2 Å². The minimum absolute atomic E-state index is 0.163. The van der Waals surface area contributed by atoms with Crippen LogP contribution in [0.15, 0.2) is 18.2 Å². The third-order valence-electron chi connectivity index (χ3n) is 3.95. The summed E-state index contributed by atoms with van der Waals surface area (Å²) in [6.07, 6.45) is -4.54. The molecule has 2 saturated heterocycles. The summed E-state index contributed by atoms with van der Waals surface area (Å²) < 4.78 is 60.1. The normalized spacial score (nSPS) is 31.9. The number of aliphatic hydroxyl groups is 1. The largest absolute Gasteiger partial charge is 0.573 e. The molecule has 0 spiro atoms. The molecule has 0 saturated carbocycles. The molecule has 0 amide bonds. The van der Waals surface area contributed by atoms with Crippen LogP contribution in [-0.2, 0) is 10.3 Å². The van der Waals surface area contributed by atoms with Crippen molar-refractivity contribution >= 4 is 0 Å². The number of alkyl halides is 3. The molecule has 0 radical (unpaired) electrons. The number of ether oxygens (including phenoxy) is 2. The van der Waals surface area contributed by atoms with E-state index in [0.29, 0.717) is 13.2 Å². The fourth-order valence-electron chi connectivity index (χ4n) is 3.19. The van der Waals surface area contributed by atoms with Gasteiger partial charge in [-0.2, -0.15) is 0 Å². The molecule has 2 heterocycles. The van der Waals surface area contributed by atoms with E-state index in [-0.39, 0.29) is 30.5 Å². The first-order chi connectivity index (χ1) is 10.3. The van der Waals surface area contributed by atoms with Gasteiger partial charge in [-0.1, -0.05) is 0 Å². The highest BCUT2D eigenvalue weighted by molar-refractivity contribution is 5.35. The van der Waals surface area contributed by atoms with Crippen LogP contribution in [0.25, 0.3) is 0 Å². The van der Waals surface area contributed by atoms with Gasteiger partial charge in [-0.15, -0.1) is 13.2 Å². The molecule has 2 atom stereocenters. The molecule has 22 heavy (non-hydrogen) atoms. The Hall–Kier alpha value is -1.38. The van der Waals surface area contributed by atoms with E-state index in [4.69, 9.17) is 4.74 Å². The van der Waals surface area contributed by atoms with Gasteiger partial charge in [0.15, 0.2) is 0 Å². The molecule has 1 aromatic carbocycles. The third-order valence-corrected chi connectivity index (χ3v) is 3.95. The van der Waals surface area contributed by atoms with Gasteiger partial charge in [-0.05, 0) is 31.0 Å². The fourth-order valence-corrected chi connectivity index (χ4v) is 3.19. The zero-order valence-corrected chi connectivity index (χ0v) is 11.5. The number of benzene rings is 1. The van der Waals surface area contributed by atoms with E-state index >= 15 is 0 Å². The van der Waals surface area contributed by atoms with Crippen molar-refractivity contribution in [3.8, 4) is 5.75 Å². The van der Waals surface area contributed by atoms with Gasteiger partial charge in [-0.25, -0.2) is 4.39 Å². The van der Waals surface area contributed by atoms with Crippen molar-refractivity contribution in [3.63, 3.8) is 0 Å². The van der Waals surface area contributed by atoms with E-state index in [1.165, 1.54) is 0 Å². The average molecular weight is 321 g/mol. The maximum Gasteiger partial charge on any atom is 0.573 e. The van der Waals surface area contributed by atoms with E-state index in [9.17, 15) is 22.7 Å². The van der Waals surface area contributed by atoms with Crippen molar-refractivity contribution in [1.82, 2.24) is 5.32 Å². The van der Waals surface area contributed by atoms with Gasteiger partial charge in [0.1, 0.15) is 11.6 Å². The van der Waals surface area contributed by atoms with Crippen LogP contribution in [0.3, 0.4) is 0 Å². The lowest BCUT2D eigenvalue weighted by atomic mass is 9.78. The molecule has 0 aliphatic carbocycles. The predicted octanol–water partition coefficient (Wildman–Crippen LogP) is 2.06. The topological polar surface area (TPSA) is 50.7 Å². The van der Waals surface area contributed by atoms with Crippen LogP contribution in [-0.4, -0.2) is 36.8 Å². The van der Waals surface area contributed by atoms with E-state index in [1.54, 1.807) is 0 Å². The molecule has 2 unspecified atom stereocenters. The molecule has 4 nitrogen and oxygen atoms in total. The Balaban J connectivity index is 1.91. The van der Waals surface area contributed by atoms with E-state index in [0.717, 1.165) is 18.2 Å². The van der Waals surface area contributed by atoms with Crippen LogP contribution in [0.2, 0.25) is 0 Å². The zero-order chi connectivity index (χ0) is 16.0. The Bertz CT molecular complexity index is 552. The summed E-state index contributed by atoms with van der Waals surface area (Å²) in [5.41, 5.74) is -1.72. The van der Waals surface area contributed by atoms with Gasteiger partial charge in [0, 0.05) is 17.6 Å². The number of piperidine rings is 1. The molecule has 2 aliphatic rings. The van der Waals surface area contributed by atoms with Crippen molar-refractivity contribution in [2.45, 2.75) is 36.9 Å². The number of hydrogen-bond acceptors (Lipinski definition) is 4. The Kier molecular flexibility index (Phi) is 3.78. The smallest absolute Gasteiger partial charge is 0.406 e. The van der Waals surface area contributed by atoms with Gasteiger partial charge in [0.2, 0.25) is 0 Å². The maximum absolute atomic E-state index is 14.1. The van der Waals surface area contributed by atoms with Crippen LogP contribution in [0.1, 0.15) is 18.4 Å². The van der Waals surface area contributed by atoms with E-state index < -0.39 is 23.5 Å². The summed E-state index contributed by atoms with van der Waals surface area (Å²) in [7, 11) is 0. The number of rotatable bonds is 2. The van der Waals surface area contributed by atoms with Crippen LogP contribution in [0.4, 0.5) is 17.6 Å². The van der Waals surface area contributed by atoms with Gasteiger partial charge in [-0.3, -0.25) is 0 Å². The van der Waals surface area contributed by atoms with Crippen LogP contribution >= 0.6 is 0 Å². The minimum Gasteiger partial charge on any atom is -0.406 e. The monoisotopic (exact) mass is 321 g/mol. The quantitative estimate of drug-likeness (QED) is 0.819. The summed E-state index contributed by atoms with van der Waals surface area (Å²) in [6, 6.07) is 2.36. The minimum atomic E-state index is -4.86. The molecule has 1 aromatic rings. The zero-order valence-electron chi connectivity index (χ0n) is 11.5. The summed E-state index contributed by atoms with van der Waals surface area (Å²) in [4.78, 5) is 0. The second-order valence-corrected chi connectivity index (χ2v) is 5.73. The third kappa shape index (κ3) is 3.18. The first-order valence-electron chi connectivity index (χ1n) is 6.87. The SMILES string of the molecule is OC1(c2cc(OC(F)(F)F)ccc2F)CC2COCC(C1)N2. The van der Waals surface area contributed by atoms with Gasteiger partial charge >= 0.3 is 6.36 Å². The van der Waals surface area contributed by atoms with Gasteiger partial charge < -0.3 is 19.9 Å². The summed E-state index contributed by atoms with van der Waals surface area (Å²) in [5.74, 6) is -1.30. The van der Waals surface area contributed by atoms with Crippen LogP contribution in [0.5, 0.6) is 5.75 Å². The molecule has 2 fully saturated rings. The van der Waals surface area contributed by atoms with Crippen molar-refractivity contribution < 1.29 is 32.1 Å². The predicted molar refractivity (Wildman–Crippen MR) is 67.7 cm³/mol. The lowest BCUT2D eigenvalue weighted by molar-refractivity contribution is -0.274. The maximum atomic E-state index is 14.1. The standard InChI is InChI=1S/C14H15F4NO3/c15-12-2-1-10(22-14(16,17)18)3-11(12)13(20)4-8-6-21-7-9(5-13)19-8/h1-3,8-9,19-20H,4-7H2.